The molecule has 4 N–H and O–H groups in total. The Morgan fingerprint density at radius 2 is 1.81 bits per heavy atom. The first-order valence-corrected chi connectivity index (χ1v) is 16.6. The van der Waals surface area contributed by atoms with E-state index in [1.54, 1.807) is 12.1 Å². The van der Waals surface area contributed by atoms with E-state index in [-0.39, 0.29) is 22.1 Å². The van der Waals surface area contributed by atoms with Crippen LogP contribution < -0.4 is 10.2 Å². The number of nitrogens with one attached hydrogen (secondary N) is 2. The van der Waals surface area contributed by atoms with Crippen molar-refractivity contribution < 1.29 is 24.2 Å². The first-order valence-electron chi connectivity index (χ1n) is 15.8. The second-order valence-electron chi connectivity index (χ2n) is 12.1. The van der Waals surface area contributed by atoms with Gasteiger partial charge in [0.25, 0.3) is 5.91 Å². The first kappa shape index (κ1) is 31.7. The van der Waals surface area contributed by atoms with Gasteiger partial charge in [0.05, 0.1) is 29.6 Å². The highest BCUT2D eigenvalue weighted by Crippen LogP contribution is 2.32. The Morgan fingerprint density at radius 1 is 1.07 bits per heavy atom. The van der Waals surface area contributed by atoms with Crippen LogP contribution in [0.25, 0.3) is 10.2 Å². The Bertz CT molecular complexity index is 1390. The zero-order valence-corrected chi connectivity index (χ0v) is 26.1. The smallest absolute Gasteiger partial charge is 0.305 e. The third kappa shape index (κ3) is 8.27. The average molecular weight is 615 g/mol. The van der Waals surface area contributed by atoms with Gasteiger partial charge in [-0.15, -0.1) is 0 Å². The fourth-order valence-electron chi connectivity index (χ4n) is 6.33. The number of aromatic nitrogens is 1. The highest BCUT2D eigenvalue weighted by Gasteiger charge is 2.41. The molecule has 2 saturated heterocycles. The lowest BCUT2D eigenvalue weighted by atomic mass is 9.89. The summed E-state index contributed by atoms with van der Waals surface area (Å²) in [5, 5.41) is 23.8. The summed E-state index contributed by atoms with van der Waals surface area (Å²) in [5.41, 5.74) is 0.837. The third-order valence-electron chi connectivity index (χ3n) is 8.87. The number of aliphatic hydroxyl groups excluding tert-OH is 1. The molecule has 10 nitrogen and oxygen atoms in total. The Labute approximate surface area is 257 Å². The van der Waals surface area contributed by atoms with Crippen molar-refractivity contribution in [1.29, 1.82) is 0 Å². The summed E-state index contributed by atoms with van der Waals surface area (Å²) >= 11 is 1.01. The quantitative estimate of drug-likeness (QED) is 0.195. The standard InChI is InChI=1S/C32H46N4O6S/c1-23-9-12-27(42-23)30(39)36-19-20-41-32(22-36)13-17-35(18-14-32)16-8-6-4-2-3-5-7-15-33-21-26(38)24-10-11-25(37)28-29(24)43-31(40)34-28/h9-12,26,33,37-38H,2-8,13-22H2,1H3,(H,34,40)/t26-/m0/s1. The molecule has 0 bridgehead atoms. The molecule has 0 unspecified atom stereocenters. The van der Waals surface area contributed by atoms with Crippen molar-refractivity contribution in [3.05, 3.63) is 51.0 Å². The molecule has 1 amide bonds. The Hall–Kier alpha value is -2.70. The number of aromatic hydroxyl groups is 1. The number of nitrogens with zero attached hydrogens (tertiary/aromatic N) is 2. The minimum absolute atomic E-state index is 0.0237. The number of likely N-dealkylation sites (tertiary alicyclic amines) is 1. The number of furan rings is 1. The van der Waals surface area contributed by atoms with Gasteiger partial charge in [-0.2, -0.15) is 0 Å². The van der Waals surface area contributed by atoms with Crippen LogP contribution in [0.1, 0.15) is 85.8 Å². The Kier molecular flexibility index (Phi) is 11.0. The summed E-state index contributed by atoms with van der Waals surface area (Å²) < 4.78 is 12.4. The number of aryl methyl sites for hydroxylation is 1. The highest BCUT2D eigenvalue weighted by atomic mass is 32.1. The van der Waals surface area contributed by atoms with Crippen molar-refractivity contribution in [2.75, 3.05) is 52.4 Å². The number of ether oxygens (including phenoxy) is 1. The molecule has 43 heavy (non-hydrogen) atoms. The molecule has 0 aliphatic carbocycles. The van der Waals surface area contributed by atoms with Gasteiger partial charge in [0, 0.05) is 31.7 Å². The number of phenols is 1. The van der Waals surface area contributed by atoms with Gasteiger partial charge in [-0.05, 0) is 63.9 Å². The van der Waals surface area contributed by atoms with Gasteiger partial charge in [-0.3, -0.25) is 9.59 Å². The Morgan fingerprint density at radius 3 is 2.56 bits per heavy atom. The molecular formula is C32H46N4O6S. The van der Waals surface area contributed by atoms with Gasteiger partial charge >= 0.3 is 4.87 Å². The number of hydrogen-bond acceptors (Lipinski definition) is 9. The normalized spacial score (nSPS) is 18.0. The van der Waals surface area contributed by atoms with E-state index in [0.717, 1.165) is 62.5 Å². The van der Waals surface area contributed by atoms with E-state index in [1.807, 2.05) is 17.9 Å². The fourth-order valence-corrected chi connectivity index (χ4v) is 7.25. The van der Waals surface area contributed by atoms with Gasteiger partial charge in [-0.25, -0.2) is 0 Å². The summed E-state index contributed by atoms with van der Waals surface area (Å²) in [6, 6.07) is 6.80. The number of carbonyl (C=O) groups excluding carboxylic acids is 1. The number of phenolic OH excluding ortho intramolecular Hbond substituents is 1. The highest BCUT2D eigenvalue weighted by molar-refractivity contribution is 7.16. The second-order valence-corrected chi connectivity index (χ2v) is 13.1. The van der Waals surface area contributed by atoms with E-state index >= 15 is 0 Å². The molecule has 1 aromatic carbocycles. The van der Waals surface area contributed by atoms with Crippen LogP contribution in [0.5, 0.6) is 5.75 Å². The molecule has 3 aromatic rings. The number of benzene rings is 1. The predicted octanol–water partition coefficient (Wildman–Crippen LogP) is 4.56. The SMILES string of the molecule is Cc1ccc(C(=O)N2CCOC3(CCN(CCCCCCCCCNC[C@H](O)c4ccc(O)c5[nH]c(=O)sc45)CC3)C2)o1. The number of rotatable bonds is 14. The number of amides is 1. The van der Waals surface area contributed by atoms with Crippen molar-refractivity contribution >= 4 is 27.5 Å². The molecule has 11 heteroatoms. The molecule has 0 saturated carbocycles. The van der Waals surface area contributed by atoms with E-state index in [0.29, 0.717) is 47.8 Å². The van der Waals surface area contributed by atoms with Crippen molar-refractivity contribution in [1.82, 2.24) is 20.1 Å². The van der Waals surface area contributed by atoms with Gasteiger partial charge in [-0.1, -0.05) is 49.5 Å². The maximum absolute atomic E-state index is 12.9. The topological polar surface area (TPSA) is 131 Å². The molecule has 1 spiro atoms. The molecule has 2 aromatic heterocycles. The Balaban J connectivity index is 0.883. The fraction of sp³-hybridized carbons (Fsp3) is 0.625. The number of aromatic amines is 1. The summed E-state index contributed by atoms with van der Waals surface area (Å²) in [6.07, 6.45) is 9.62. The zero-order valence-electron chi connectivity index (χ0n) is 25.2. The number of piperidine rings is 1. The maximum atomic E-state index is 12.9. The number of hydrogen-bond donors (Lipinski definition) is 4. The second kappa shape index (κ2) is 14.9. The molecule has 2 aliphatic heterocycles. The van der Waals surface area contributed by atoms with Crippen LogP contribution in [-0.4, -0.2) is 88.9 Å². The molecule has 236 valence electrons. The summed E-state index contributed by atoms with van der Waals surface area (Å²) in [4.78, 5) is 31.4. The first-order chi connectivity index (χ1) is 20.8. The van der Waals surface area contributed by atoms with Gasteiger partial charge in [0.15, 0.2) is 5.76 Å². The van der Waals surface area contributed by atoms with Crippen LogP contribution in [0.2, 0.25) is 0 Å². The van der Waals surface area contributed by atoms with Crippen LogP contribution in [-0.2, 0) is 4.74 Å². The number of carbonyl (C=O) groups is 1. The van der Waals surface area contributed by atoms with Gasteiger partial charge in [0.2, 0.25) is 0 Å². The number of H-pyrrole nitrogens is 1. The minimum atomic E-state index is -0.731. The number of fused-ring (bicyclic) bond motifs is 1. The van der Waals surface area contributed by atoms with Crippen molar-refractivity contribution in [3.8, 4) is 5.75 Å². The maximum Gasteiger partial charge on any atom is 0.305 e. The van der Waals surface area contributed by atoms with Gasteiger partial charge in [0.1, 0.15) is 17.0 Å². The minimum Gasteiger partial charge on any atom is -0.506 e. The summed E-state index contributed by atoms with van der Waals surface area (Å²) in [5.74, 6) is 1.18. The molecule has 5 rings (SSSR count). The lowest BCUT2D eigenvalue weighted by molar-refractivity contribution is -0.127. The van der Waals surface area contributed by atoms with Crippen LogP contribution >= 0.6 is 11.3 Å². The van der Waals surface area contributed by atoms with Crippen molar-refractivity contribution in [2.24, 2.45) is 0 Å². The summed E-state index contributed by atoms with van der Waals surface area (Å²) in [7, 11) is 0. The number of aliphatic hydroxyl groups is 1. The van der Waals surface area contributed by atoms with E-state index in [4.69, 9.17) is 9.15 Å². The lowest BCUT2D eigenvalue weighted by Crippen LogP contribution is -2.58. The number of morpholine rings is 1. The van der Waals surface area contributed by atoms with Gasteiger partial charge < -0.3 is 39.5 Å². The van der Waals surface area contributed by atoms with Crippen molar-refractivity contribution in [2.45, 2.75) is 76.4 Å². The van der Waals surface area contributed by atoms with E-state index in [2.05, 4.69) is 15.2 Å². The van der Waals surface area contributed by atoms with Crippen LogP contribution in [0.4, 0.5) is 0 Å². The molecule has 1 atom stereocenters. The zero-order chi connectivity index (χ0) is 30.2. The van der Waals surface area contributed by atoms with E-state index < -0.39 is 6.10 Å². The number of thiazole rings is 1. The molecule has 2 aliphatic rings. The monoisotopic (exact) mass is 614 g/mol. The van der Waals surface area contributed by atoms with E-state index in [9.17, 15) is 19.8 Å². The molecule has 0 radical (unpaired) electrons. The third-order valence-corrected chi connectivity index (χ3v) is 9.80. The largest absolute Gasteiger partial charge is 0.506 e. The molecule has 4 heterocycles. The van der Waals surface area contributed by atoms with Crippen molar-refractivity contribution in [3.63, 3.8) is 0 Å². The van der Waals surface area contributed by atoms with E-state index in [1.165, 1.54) is 44.6 Å². The number of unbranched alkanes of at least 4 members (excludes halogenated alkanes) is 6. The van der Waals surface area contributed by atoms with Crippen LogP contribution in [0.3, 0.4) is 0 Å². The lowest BCUT2D eigenvalue weighted by Gasteiger charge is -2.47. The predicted molar refractivity (Wildman–Crippen MR) is 168 cm³/mol. The molecule has 2 fully saturated rings. The van der Waals surface area contributed by atoms with Crippen LogP contribution in [0, 0.1) is 6.92 Å². The summed E-state index contributed by atoms with van der Waals surface area (Å²) in [6.45, 7) is 8.14. The molecular weight excluding hydrogens is 568 g/mol. The van der Waals surface area contributed by atoms with Crippen LogP contribution in [0.15, 0.2) is 33.5 Å². The average Bonchev–Trinajstić information content (AvgIpc) is 3.62.